The first-order valence-corrected chi connectivity index (χ1v) is 5.67. The number of nitrogens with zero attached hydrogens (tertiary/aromatic N) is 3. The average molecular weight is 290 g/mol. The Morgan fingerprint density at radius 1 is 1.18 bits per heavy atom. The normalized spacial score (nSPS) is 9.65. The van der Waals surface area contributed by atoms with Crippen molar-refractivity contribution in [3.05, 3.63) is 52.4 Å². The Bertz CT molecular complexity index is 548. The average Bonchev–Trinajstić information content (AvgIpc) is 2.38. The molecular weight excluding hydrogens is 282 g/mol. The summed E-state index contributed by atoms with van der Waals surface area (Å²) in [5, 5.41) is 8.81. The molecule has 0 unspecified atom stereocenters. The molecule has 0 saturated carbocycles. The number of halogens is 1. The second-order valence-corrected chi connectivity index (χ2v) is 4.15. The van der Waals surface area contributed by atoms with Gasteiger partial charge in [-0.05, 0) is 17.7 Å². The van der Waals surface area contributed by atoms with E-state index in [4.69, 9.17) is 10.00 Å². The first kappa shape index (κ1) is 11.6. The molecular formula is C12H8BrN3O. The second-order valence-electron chi connectivity index (χ2n) is 3.24. The Morgan fingerprint density at radius 3 is 2.59 bits per heavy atom. The maximum Gasteiger partial charge on any atom is 0.251 e. The molecule has 0 saturated heterocycles. The van der Waals surface area contributed by atoms with Crippen molar-refractivity contribution in [3.63, 3.8) is 0 Å². The van der Waals surface area contributed by atoms with E-state index in [-0.39, 0.29) is 11.6 Å². The van der Waals surface area contributed by atoms with Gasteiger partial charge in [0.1, 0.15) is 12.7 Å². The van der Waals surface area contributed by atoms with Gasteiger partial charge in [-0.25, -0.2) is 9.97 Å². The highest BCUT2D eigenvalue weighted by molar-refractivity contribution is 9.10. The van der Waals surface area contributed by atoms with Crippen molar-refractivity contribution >= 4 is 15.9 Å². The van der Waals surface area contributed by atoms with Crippen molar-refractivity contribution in [2.24, 2.45) is 0 Å². The minimum Gasteiger partial charge on any atom is -0.471 e. The Balaban J connectivity index is 2.08. The van der Waals surface area contributed by atoms with E-state index in [1.807, 2.05) is 30.3 Å². The van der Waals surface area contributed by atoms with Gasteiger partial charge in [0.05, 0.1) is 0 Å². The fourth-order valence-electron chi connectivity index (χ4n) is 1.24. The Morgan fingerprint density at radius 2 is 1.88 bits per heavy atom. The van der Waals surface area contributed by atoms with Crippen LogP contribution < -0.4 is 4.74 Å². The quantitative estimate of drug-likeness (QED) is 0.872. The van der Waals surface area contributed by atoms with Gasteiger partial charge in [0.15, 0.2) is 0 Å². The molecule has 0 atom stereocenters. The fraction of sp³-hybridized carbons (Fsp3) is 0.0833. The number of ether oxygens (including phenoxy) is 1. The van der Waals surface area contributed by atoms with Crippen LogP contribution in [0, 0.1) is 11.3 Å². The zero-order valence-corrected chi connectivity index (χ0v) is 10.4. The monoisotopic (exact) mass is 289 g/mol. The van der Waals surface area contributed by atoms with Gasteiger partial charge in [-0.1, -0.05) is 28.1 Å². The number of aromatic nitrogens is 2. The standard InChI is InChI=1S/C12H8BrN3O/c13-10-3-1-9(2-4-10)8-17-12-11(7-14)15-5-6-16-12/h1-6H,8H2. The van der Waals surface area contributed by atoms with E-state index in [0.29, 0.717) is 6.61 Å². The van der Waals surface area contributed by atoms with E-state index in [1.54, 1.807) is 0 Å². The summed E-state index contributed by atoms with van der Waals surface area (Å²) in [4.78, 5) is 7.83. The highest BCUT2D eigenvalue weighted by Crippen LogP contribution is 2.14. The molecule has 0 aliphatic rings. The van der Waals surface area contributed by atoms with Gasteiger partial charge in [-0.2, -0.15) is 5.26 Å². The molecule has 0 radical (unpaired) electrons. The van der Waals surface area contributed by atoms with Crippen LogP contribution in [-0.4, -0.2) is 9.97 Å². The number of benzene rings is 1. The van der Waals surface area contributed by atoms with Crippen LogP contribution >= 0.6 is 15.9 Å². The van der Waals surface area contributed by atoms with Crippen molar-refractivity contribution in [1.29, 1.82) is 5.26 Å². The summed E-state index contributed by atoms with van der Waals surface area (Å²) in [6, 6.07) is 9.67. The van der Waals surface area contributed by atoms with Gasteiger partial charge in [0.2, 0.25) is 5.69 Å². The molecule has 0 bridgehead atoms. The highest BCUT2D eigenvalue weighted by atomic mass is 79.9. The minimum absolute atomic E-state index is 0.199. The minimum atomic E-state index is 0.199. The largest absolute Gasteiger partial charge is 0.471 e. The van der Waals surface area contributed by atoms with Crippen LogP contribution in [0.15, 0.2) is 41.1 Å². The SMILES string of the molecule is N#Cc1nccnc1OCc1ccc(Br)cc1. The second kappa shape index (κ2) is 5.41. The summed E-state index contributed by atoms with van der Waals surface area (Å²) < 4.78 is 6.45. The van der Waals surface area contributed by atoms with Gasteiger partial charge < -0.3 is 4.74 Å². The maximum atomic E-state index is 8.81. The zero-order chi connectivity index (χ0) is 12.1. The van der Waals surface area contributed by atoms with Crippen molar-refractivity contribution < 1.29 is 4.74 Å². The lowest BCUT2D eigenvalue weighted by molar-refractivity contribution is 0.291. The third kappa shape index (κ3) is 3.02. The molecule has 5 heteroatoms. The van der Waals surface area contributed by atoms with E-state index >= 15 is 0 Å². The van der Waals surface area contributed by atoms with Crippen molar-refractivity contribution in [1.82, 2.24) is 9.97 Å². The Hall–Kier alpha value is -1.93. The van der Waals surface area contributed by atoms with Gasteiger partial charge in [-0.3, -0.25) is 0 Å². The lowest BCUT2D eigenvalue weighted by Crippen LogP contribution is -2.00. The zero-order valence-electron chi connectivity index (χ0n) is 8.80. The third-order valence-corrected chi connectivity index (χ3v) is 2.59. The fourth-order valence-corrected chi connectivity index (χ4v) is 1.50. The molecule has 1 aromatic heterocycles. The molecule has 0 spiro atoms. The van der Waals surface area contributed by atoms with Crippen molar-refractivity contribution in [2.75, 3.05) is 0 Å². The van der Waals surface area contributed by atoms with Crippen LogP contribution in [0.25, 0.3) is 0 Å². The highest BCUT2D eigenvalue weighted by Gasteiger charge is 2.05. The van der Waals surface area contributed by atoms with Crippen LogP contribution in [0.5, 0.6) is 5.88 Å². The van der Waals surface area contributed by atoms with E-state index < -0.39 is 0 Å². The van der Waals surface area contributed by atoms with Crippen LogP contribution in [0.4, 0.5) is 0 Å². The Kier molecular flexibility index (Phi) is 3.68. The molecule has 0 fully saturated rings. The molecule has 17 heavy (non-hydrogen) atoms. The smallest absolute Gasteiger partial charge is 0.251 e. The van der Waals surface area contributed by atoms with Crippen LogP contribution in [0.2, 0.25) is 0 Å². The van der Waals surface area contributed by atoms with Crippen LogP contribution in [-0.2, 0) is 6.61 Å². The molecule has 4 nitrogen and oxygen atoms in total. The molecule has 0 N–H and O–H groups in total. The van der Waals surface area contributed by atoms with E-state index in [2.05, 4.69) is 25.9 Å². The third-order valence-electron chi connectivity index (χ3n) is 2.06. The summed E-state index contributed by atoms with van der Waals surface area (Å²) in [5.41, 5.74) is 1.20. The summed E-state index contributed by atoms with van der Waals surface area (Å²) >= 11 is 3.36. The number of nitriles is 1. The van der Waals surface area contributed by atoms with Gasteiger partial charge >= 0.3 is 0 Å². The summed E-state index contributed by atoms with van der Waals surface area (Å²) in [6.45, 7) is 0.362. The molecule has 84 valence electrons. The predicted octanol–water partition coefficient (Wildman–Crippen LogP) is 2.69. The molecule has 0 aliphatic carbocycles. The lowest BCUT2D eigenvalue weighted by Gasteiger charge is -2.05. The number of hydrogen-bond donors (Lipinski definition) is 0. The summed E-state index contributed by atoms with van der Waals surface area (Å²) in [6.07, 6.45) is 2.96. The maximum absolute atomic E-state index is 8.81. The summed E-state index contributed by atoms with van der Waals surface area (Å²) in [7, 11) is 0. The topological polar surface area (TPSA) is 58.8 Å². The number of rotatable bonds is 3. The van der Waals surface area contributed by atoms with Crippen molar-refractivity contribution in [3.8, 4) is 11.9 Å². The van der Waals surface area contributed by atoms with E-state index in [1.165, 1.54) is 12.4 Å². The first-order valence-electron chi connectivity index (χ1n) is 4.88. The predicted molar refractivity (Wildman–Crippen MR) is 65.2 cm³/mol. The van der Waals surface area contributed by atoms with Gasteiger partial charge in [-0.15, -0.1) is 0 Å². The molecule has 1 aromatic carbocycles. The van der Waals surface area contributed by atoms with Crippen molar-refractivity contribution in [2.45, 2.75) is 6.61 Å². The van der Waals surface area contributed by atoms with Crippen LogP contribution in [0.3, 0.4) is 0 Å². The van der Waals surface area contributed by atoms with E-state index in [0.717, 1.165) is 10.0 Å². The van der Waals surface area contributed by atoms with E-state index in [9.17, 15) is 0 Å². The molecule has 1 heterocycles. The Labute approximate surface area is 107 Å². The number of hydrogen-bond acceptors (Lipinski definition) is 4. The molecule has 0 aliphatic heterocycles. The molecule has 2 rings (SSSR count). The van der Waals surface area contributed by atoms with Gasteiger partial charge in [0, 0.05) is 16.9 Å². The summed E-state index contributed by atoms with van der Waals surface area (Å²) in [5.74, 6) is 0.262. The van der Waals surface area contributed by atoms with Crippen LogP contribution in [0.1, 0.15) is 11.3 Å². The molecule has 2 aromatic rings. The molecule has 0 amide bonds. The first-order chi connectivity index (χ1) is 8.29. The lowest BCUT2D eigenvalue weighted by atomic mass is 10.2. The van der Waals surface area contributed by atoms with Gasteiger partial charge in [0.25, 0.3) is 5.88 Å².